The van der Waals surface area contributed by atoms with E-state index in [9.17, 15) is 14.4 Å². The van der Waals surface area contributed by atoms with E-state index in [0.717, 1.165) is 36.6 Å². The van der Waals surface area contributed by atoms with Crippen molar-refractivity contribution in [3.05, 3.63) is 58.5 Å². The summed E-state index contributed by atoms with van der Waals surface area (Å²) in [5.41, 5.74) is 6.49. The van der Waals surface area contributed by atoms with E-state index in [1.54, 1.807) is 12.4 Å². The summed E-state index contributed by atoms with van der Waals surface area (Å²) in [6, 6.07) is 5.98. The van der Waals surface area contributed by atoms with Gasteiger partial charge in [-0.05, 0) is 19.2 Å². The summed E-state index contributed by atoms with van der Waals surface area (Å²) in [4.78, 5) is 26.7. The molecule has 1 aliphatic rings. The highest BCUT2D eigenvalue weighted by atomic mass is 19.1. The molecule has 3 N–H and O–H groups in total. The Balaban J connectivity index is 1.66. The fourth-order valence-corrected chi connectivity index (χ4v) is 4.01. The summed E-state index contributed by atoms with van der Waals surface area (Å²) in [5.74, 6) is 0.0175. The molecule has 0 radical (unpaired) electrons. The molecule has 1 aliphatic heterocycles. The Bertz CT molecular complexity index is 1440. The van der Waals surface area contributed by atoms with Gasteiger partial charge in [-0.3, -0.25) is 19.4 Å². The van der Waals surface area contributed by atoms with Crippen LogP contribution in [-0.4, -0.2) is 62.9 Å². The molecule has 0 saturated carbocycles. The number of H-pyrrole nitrogens is 1. The van der Waals surface area contributed by atoms with Crippen LogP contribution >= 0.6 is 0 Å². The first-order valence-electron chi connectivity index (χ1n) is 10.3. The number of piperazine rings is 1. The molecule has 1 fully saturated rings. The molecular weight excluding hydrogens is 425 g/mol. The number of aromatic nitrogens is 5. The molecule has 0 unspecified atom stereocenters. The fourth-order valence-electron chi connectivity index (χ4n) is 4.01. The average molecular weight is 445 g/mol. The second-order valence-electron chi connectivity index (χ2n) is 7.87. The Morgan fingerprint density at radius 1 is 1.18 bits per heavy atom. The number of anilines is 2. The number of benzene rings is 1. The molecule has 3 aromatic heterocycles. The largest absolute Gasteiger partial charge is 0.382 e. The minimum Gasteiger partial charge on any atom is -0.382 e. The smallest absolute Gasteiger partial charge is 0.268 e. The van der Waals surface area contributed by atoms with E-state index in [-0.39, 0.29) is 22.5 Å². The van der Waals surface area contributed by atoms with Crippen LogP contribution in [0.2, 0.25) is 0 Å². The van der Waals surface area contributed by atoms with Crippen molar-refractivity contribution in [1.29, 1.82) is 5.26 Å². The Morgan fingerprint density at radius 3 is 2.67 bits per heavy atom. The standard InChI is InChI=1S/C22H20FN9O/c1-30-5-7-31(8-6-30)17-11-26-16(10-27-17)14-12-32(20-13(9-24)3-2-4-15(20)23)22(33)18-19(14)28-29-21(18)25/h2-4,10-12H,5-8H2,1H3,(H3,25,28,29). The quantitative estimate of drug-likeness (QED) is 0.485. The summed E-state index contributed by atoms with van der Waals surface area (Å²) in [6.45, 7) is 3.57. The molecule has 1 saturated heterocycles. The van der Waals surface area contributed by atoms with E-state index in [2.05, 4.69) is 37.0 Å². The number of nitrogens with one attached hydrogen (secondary N) is 1. The first-order chi connectivity index (χ1) is 16.0. The molecule has 0 atom stereocenters. The van der Waals surface area contributed by atoms with Crippen LogP contribution < -0.4 is 16.2 Å². The number of nitriles is 1. The first kappa shape index (κ1) is 20.6. The van der Waals surface area contributed by atoms with Gasteiger partial charge in [0.15, 0.2) is 5.82 Å². The molecule has 33 heavy (non-hydrogen) atoms. The van der Waals surface area contributed by atoms with E-state index < -0.39 is 11.4 Å². The Labute approximate surface area is 187 Å². The maximum Gasteiger partial charge on any atom is 0.268 e. The van der Waals surface area contributed by atoms with Gasteiger partial charge < -0.3 is 15.5 Å². The minimum absolute atomic E-state index is 0.0148. The molecule has 0 bridgehead atoms. The molecule has 166 valence electrons. The predicted octanol–water partition coefficient (Wildman–Crippen LogP) is 1.52. The summed E-state index contributed by atoms with van der Waals surface area (Å²) >= 11 is 0. The third-order valence-electron chi connectivity index (χ3n) is 5.84. The number of nitrogens with zero attached hydrogens (tertiary/aromatic N) is 7. The normalized spacial score (nSPS) is 14.5. The van der Waals surface area contributed by atoms with Gasteiger partial charge in [-0.1, -0.05) is 6.07 Å². The van der Waals surface area contributed by atoms with E-state index in [0.29, 0.717) is 16.8 Å². The van der Waals surface area contributed by atoms with Gasteiger partial charge >= 0.3 is 0 Å². The number of hydrogen-bond donors (Lipinski definition) is 2. The fraction of sp³-hybridized carbons (Fsp3) is 0.227. The Kier molecular flexibility index (Phi) is 4.99. The zero-order valence-electron chi connectivity index (χ0n) is 17.8. The van der Waals surface area contributed by atoms with Crippen LogP contribution in [0.1, 0.15) is 5.56 Å². The lowest BCUT2D eigenvalue weighted by Crippen LogP contribution is -2.44. The van der Waals surface area contributed by atoms with Crippen molar-refractivity contribution in [2.75, 3.05) is 43.9 Å². The first-order valence-corrected chi connectivity index (χ1v) is 10.3. The zero-order chi connectivity index (χ0) is 23.1. The maximum atomic E-state index is 14.7. The molecule has 5 rings (SSSR count). The third-order valence-corrected chi connectivity index (χ3v) is 5.84. The second kappa shape index (κ2) is 7.99. The molecule has 0 amide bonds. The van der Waals surface area contributed by atoms with E-state index in [1.165, 1.54) is 24.4 Å². The van der Waals surface area contributed by atoms with Crippen molar-refractivity contribution >= 4 is 22.5 Å². The van der Waals surface area contributed by atoms with Crippen molar-refractivity contribution in [3.8, 4) is 23.0 Å². The van der Waals surface area contributed by atoms with Gasteiger partial charge in [-0.25, -0.2) is 9.37 Å². The number of aromatic amines is 1. The number of pyridine rings is 1. The number of rotatable bonds is 3. The van der Waals surface area contributed by atoms with Crippen molar-refractivity contribution in [2.45, 2.75) is 0 Å². The Hall–Kier alpha value is -4.30. The minimum atomic E-state index is -0.708. The van der Waals surface area contributed by atoms with Crippen molar-refractivity contribution in [1.82, 2.24) is 29.6 Å². The predicted molar refractivity (Wildman–Crippen MR) is 122 cm³/mol. The maximum absolute atomic E-state index is 14.7. The van der Waals surface area contributed by atoms with Crippen LogP contribution in [0, 0.1) is 17.1 Å². The van der Waals surface area contributed by atoms with Crippen LogP contribution in [-0.2, 0) is 0 Å². The monoisotopic (exact) mass is 445 g/mol. The molecule has 1 aromatic carbocycles. The molecule has 0 spiro atoms. The molecular formula is C22H20FN9O. The number of para-hydroxylation sites is 1. The number of fused-ring (bicyclic) bond motifs is 1. The van der Waals surface area contributed by atoms with Crippen LogP contribution in [0.4, 0.5) is 16.0 Å². The van der Waals surface area contributed by atoms with Gasteiger partial charge in [0.1, 0.15) is 28.8 Å². The van der Waals surface area contributed by atoms with Gasteiger partial charge in [0.25, 0.3) is 5.56 Å². The third kappa shape index (κ3) is 3.46. The highest BCUT2D eigenvalue weighted by Gasteiger charge is 2.21. The topological polar surface area (TPSA) is 133 Å². The summed E-state index contributed by atoms with van der Waals surface area (Å²) in [6.07, 6.45) is 4.70. The molecule has 4 aromatic rings. The van der Waals surface area contributed by atoms with Crippen molar-refractivity contribution in [2.24, 2.45) is 0 Å². The lowest BCUT2D eigenvalue weighted by molar-refractivity contribution is 0.312. The Morgan fingerprint density at radius 2 is 1.97 bits per heavy atom. The zero-order valence-corrected chi connectivity index (χ0v) is 17.8. The van der Waals surface area contributed by atoms with Crippen LogP contribution in [0.25, 0.3) is 27.8 Å². The molecule has 4 heterocycles. The average Bonchev–Trinajstić information content (AvgIpc) is 3.22. The number of hydrogen-bond acceptors (Lipinski definition) is 8. The van der Waals surface area contributed by atoms with E-state index >= 15 is 0 Å². The molecule has 11 heteroatoms. The van der Waals surface area contributed by atoms with Crippen LogP contribution in [0.15, 0.2) is 41.6 Å². The van der Waals surface area contributed by atoms with Gasteiger partial charge in [0.2, 0.25) is 0 Å². The lowest BCUT2D eigenvalue weighted by Gasteiger charge is -2.32. The van der Waals surface area contributed by atoms with Crippen LogP contribution in [0.3, 0.4) is 0 Å². The second-order valence-corrected chi connectivity index (χ2v) is 7.87. The molecule has 10 nitrogen and oxygen atoms in total. The highest BCUT2D eigenvalue weighted by Crippen LogP contribution is 2.29. The van der Waals surface area contributed by atoms with E-state index in [4.69, 9.17) is 5.73 Å². The number of nitrogen functional groups attached to an aromatic ring is 1. The summed E-state index contributed by atoms with van der Waals surface area (Å²) in [5, 5.41) is 16.3. The lowest BCUT2D eigenvalue weighted by atomic mass is 10.1. The number of halogens is 1. The number of nitrogens with two attached hydrogens (primary N) is 1. The number of likely N-dealkylation sites (N-methyl/N-ethyl adjacent to an activating group) is 1. The summed E-state index contributed by atoms with van der Waals surface area (Å²) in [7, 11) is 2.08. The van der Waals surface area contributed by atoms with Gasteiger partial charge in [0, 0.05) is 37.9 Å². The van der Waals surface area contributed by atoms with Crippen molar-refractivity contribution < 1.29 is 4.39 Å². The summed E-state index contributed by atoms with van der Waals surface area (Å²) < 4.78 is 15.8. The van der Waals surface area contributed by atoms with Gasteiger partial charge in [-0.2, -0.15) is 10.4 Å². The molecule has 0 aliphatic carbocycles. The highest BCUT2D eigenvalue weighted by molar-refractivity contribution is 5.97. The van der Waals surface area contributed by atoms with Gasteiger partial charge in [0.05, 0.1) is 29.2 Å². The van der Waals surface area contributed by atoms with Crippen LogP contribution in [0.5, 0.6) is 0 Å². The van der Waals surface area contributed by atoms with Gasteiger partial charge in [-0.15, -0.1) is 0 Å². The van der Waals surface area contributed by atoms with E-state index in [1.807, 2.05) is 6.07 Å². The SMILES string of the molecule is CN1CCN(c2cnc(-c3cn(-c4c(F)cccc4C#N)c(=O)c4c(N)n[nH]c34)cn2)CC1. The van der Waals surface area contributed by atoms with Crippen molar-refractivity contribution in [3.63, 3.8) is 0 Å².